The Morgan fingerprint density at radius 2 is 1.78 bits per heavy atom. The van der Waals surface area contributed by atoms with Gasteiger partial charge in [0.15, 0.2) is 0 Å². The van der Waals surface area contributed by atoms with E-state index in [1.807, 2.05) is 41.9 Å². The molecule has 0 aliphatic carbocycles. The van der Waals surface area contributed by atoms with Gasteiger partial charge in [0.2, 0.25) is 0 Å². The van der Waals surface area contributed by atoms with E-state index in [2.05, 4.69) is 15.9 Å². The molecule has 2 aromatic heterocycles. The van der Waals surface area contributed by atoms with E-state index in [4.69, 9.17) is 24.2 Å². The van der Waals surface area contributed by atoms with Gasteiger partial charge in [0, 0.05) is 49.9 Å². The Kier molecular flexibility index (Phi) is 10.0. The van der Waals surface area contributed by atoms with Crippen LogP contribution in [0.15, 0.2) is 64.0 Å². The SMILES string of the molecule is CN(Cc1cccc(O)c1)Cc1ccc2n(c1=O)C[C@H]1C[C@@H]2CN(Cc2ccco2)C1.O=CO.O=CO. The number of phenolic OH excluding ortho intramolecular Hbond substituents is 1. The topological polar surface area (TPSA) is 136 Å². The molecule has 3 aromatic rings. The minimum atomic E-state index is -0.250. The summed E-state index contributed by atoms with van der Waals surface area (Å²) < 4.78 is 7.56. The van der Waals surface area contributed by atoms with E-state index in [1.54, 1.807) is 18.4 Å². The number of phenols is 1. The van der Waals surface area contributed by atoms with Crippen molar-refractivity contribution in [3.63, 3.8) is 0 Å². The van der Waals surface area contributed by atoms with Crippen molar-refractivity contribution in [1.82, 2.24) is 14.4 Å². The minimum absolute atomic E-state index is 0.148. The highest BCUT2D eigenvalue weighted by molar-refractivity contribution is 5.33. The van der Waals surface area contributed by atoms with Crippen molar-refractivity contribution in [3.05, 3.63) is 87.7 Å². The third kappa shape index (κ3) is 7.55. The molecule has 0 unspecified atom stereocenters. The van der Waals surface area contributed by atoms with Gasteiger partial charge in [-0.1, -0.05) is 18.2 Å². The van der Waals surface area contributed by atoms with Crippen LogP contribution in [0, 0.1) is 5.92 Å². The standard InChI is InChI=1S/C25H29N3O3.2CH2O2/c1-26(12-18-4-2-5-22(29)11-18)15-20-7-8-24-21-10-19(14-28(24)25(20)30)13-27(16-21)17-23-6-3-9-31-23;2*2-1-3/h2-9,11,19,21,29H,10,12-17H2,1H3;2*1H,(H,2,3)/t19-,21+;;/m0../s1. The first-order valence-corrected chi connectivity index (χ1v) is 12.0. The summed E-state index contributed by atoms with van der Waals surface area (Å²) in [6.45, 7) is 4.38. The maximum Gasteiger partial charge on any atom is 0.290 e. The number of likely N-dealkylation sites (tertiary alicyclic amines) is 1. The summed E-state index contributed by atoms with van der Waals surface area (Å²) in [6, 6.07) is 15.4. The number of hydrogen-bond donors (Lipinski definition) is 3. The van der Waals surface area contributed by atoms with E-state index < -0.39 is 0 Å². The fraction of sp³-hybridized carbons (Fsp3) is 0.370. The lowest BCUT2D eigenvalue weighted by atomic mass is 9.83. The lowest BCUT2D eigenvalue weighted by Gasteiger charge is -2.42. The Hall–Kier alpha value is -3.89. The zero-order valence-electron chi connectivity index (χ0n) is 20.8. The van der Waals surface area contributed by atoms with Crippen LogP contribution in [-0.2, 0) is 35.8 Å². The number of piperidine rings is 1. The monoisotopic (exact) mass is 511 g/mol. The van der Waals surface area contributed by atoms with Gasteiger partial charge >= 0.3 is 0 Å². The second-order valence-corrected chi connectivity index (χ2v) is 9.32. The average molecular weight is 512 g/mol. The van der Waals surface area contributed by atoms with Crippen molar-refractivity contribution >= 4 is 12.9 Å². The molecule has 0 amide bonds. The predicted molar refractivity (Wildman–Crippen MR) is 136 cm³/mol. The first-order valence-electron chi connectivity index (χ1n) is 12.0. The molecule has 4 heterocycles. The Bertz CT molecular complexity index is 1200. The molecule has 0 radical (unpaired) electrons. The number of benzene rings is 1. The molecule has 1 aromatic carbocycles. The van der Waals surface area contributed by atoms with Gasteiger partial charge in [0.05, 0.1) is 12.8 Å². The molecule has 1 saturated heterocycles. The van der Waals surface area contributed by atoms with E-state index in [0.29, 0.717) is 24.9 Å². The van der Waals surface area contributed by atoms with E-state index >= 15 is 0 Å². The maximum atomic E-state index is 13.3. The van der Waals surface area contributed by atoms with Crippen molar-refractivity contribution in [1.29, 1.82) is 0 Å². The number of pyridine rings is 1. The summed E-state index contributed by atoms with van der Waals surface area (Å²) in [5.41, 5.74) is 3.18. The molecule has 0 saturated carbocycles. The van der Waals surface area contributed by atoms with Gasteiger partial charge in [0.25, 0.3) is 18.5 Å². The van der Waals surface area contributed by atoms with Gasteiger partial charge in [-0.3, -0.25) is 24.2 Å². The fourth-order valence-electron chi connectivity index (χ4n) is 5.28. The second kappa shape index (κ2) is 13.4. The van der Waals surface area contributed by atoms with Crippen molar-refractivity contribution in [2.75, 3.05) is 20.1 Å². The van der Waals surface area contributed by atoms with Crippen LogP contribution in [0.3, 0.4) is 0 Å². The summed E-state index contributed by atoms with van der Waals surface area (Å²) >= 11 is 0. The number of aromatic nitrogens is 1. The molecule has 10 nitrogen and oxygen atoms in total. The number of hydrogen-bond acceptors (Lipinski definition) is 7. The van der Waals surface area contributed by atoms with Crippen LogP contribution < -0.4 is 5.56 Å². The zero-order valence-corrected chi connectivity index (χ0v) is 20.8. The van der Waals surface area contributed by atoms with Crippen LogP contribution in [0.2, 0.25) is 0 Å². The van der Waals surface area contributed by atoms with Gasteiger partial charge in [-0.2, -0.15) is 0 Å². The van der Waals surface area contributed by atoms with Crippen LogP contribution in [0.1, 0.15) is 34.9 Å². The molecule has 3 N–H and O–H groups in total. The number of furan rings is 1. The average Bonchev–Trinajstić information content (AvgIpc) is 3.35. The molecule has 2 bridgehead atoms. The Balaban J connectivity index is 0.000000580. The maximum absolute atomic E-state index is 13.3. The molecule has 2 aliphatic heterocycles. The summed E-state index contributed by atoms with van der Waals surface area (Å²) in [5.74, 6) is 2.17. The molecule has 1 fully saturated rings. The molecule has 2 aliphatic rings. The normalized spacial score (nSPS) is 18.0. The molecule has 5 rings (SSSR count). The number of nitrogens with zero attached hydrogens (tertiary/aromatic N) is 3. The summed E-state index contributed by atoms with van der Waals surface area (Å²) in [4.78, 5) is 34.6. The van der Waals surface area contributed by atoms with E-state index in [-0.39, 0.29) is 24.3 Å². The first-order chi connectivity index (χ1) is 17.9. The Morgan fingerprint density at radius 1 is 1.03 bits per heavy atom. The first kappa shape index (κ1) is 27.7. The van der Waals surface area contributed by atoms with Crippen molar-refractivity contribution in [2.45, 2.75) is 38.5 Å². The molecular formula is C27H33N3O7. The van der Waals surface area contributed by atoms with Crippen LogP contribution in [0.25, 0.3) is 0 Å². The smallest absolute Gasteiger partial charge is 0.290 e. The van der Waals surface area contributed by atoms with Crippen molar-refractivity contribution < 1.29 is 29.3 Å². The van der Waals surface area contributed by atoms with Crippen LogP contribution in [0.5, 0.6) is 5.75 Å². The molecular weight excluding hydrogens is 478 g/mol. The van der Waals surface area contributed by atoms with Crippen LogP contribution >= 0.6 is 0 Å². The number of fused-ring (bicyclic) bond motifs is 4. The minimum Gasteiger partial charge on any atom is -0.508 e. The van der Waals surface area contributed by atoms with Gasteiger partial charge < -0.3 is 24.3 Å². The zero-order chi connectivity index (χ0) is 26.8. The summed E-state index contributed by atoms with van der Waals surface area (Å²) in [6.07, 6.45) is 2.89. The van der Waals surface area contributed by atoms with Gasteiger partial charge in [0.1, 0.15) is 11.5 Å². The highest BCUT2D eigenvalue weighted by Gasteiger charge is 2.35. The number of aromatic hydroxyl groups is 1. The third-order valence-corrected chi connectivity index (χ3v) is 6.52. The number of rotatable bonds is 6. The lowest BCUT2D eigenvalue weighted by Crippen LogP contribution is -2.47. The molecule has 10 heteroatoms. The number of carboxylic acid groups (broad SMARTS) is 2. The Labute approximate surface area is 215 Å². The van der Waals surface area contributed by atoms with Crippen LogP contribution in [-0.4, -0.2) is 62.8 Å². The van der Waals surface area contributed by atoms with Crippen molar-refractivity contribution in [2.24, 2.45) is 5.92 Å². The van der Waals surface area contributed by atoms with Gasteiger partial charge in [-0.25, -0.2) is 0 Å². The second-order valence-electron chi connectivity index (χ2n) is 9.32. The van der Waals surface area contributed by atoms with E-state index in [9.17, 15) is 9.90 Å². The highest BCUT2D eigenvalue weighted by atomic mass is 16.3. The van der Waals surface area contributed by atoms with E-state index in [0.717, 1.165) is 49.5 Å². The molecule has 0 spiro atoms. The van der Waals surface area contributed by atoms with Gasteiger partial charge in [-0.15, -0.1) is 0 Å². The third-order valence-electron chi connectivity index (χ3n) is 6.52. The summed E-state index contributed by atoms with van der Waals surface area (Å²) in [5, 5.41) is 23.5. The molecule has 198 valence electrons. The molecule has 37 heavy (non-hydrogen) atoms. The lowest BCUT2D eigenvalue weighted by molar-refractivity contribution is -0.123. The summed E-state index contributed by atoms with van der Waals surface area (Å²) in [7, 11) is 2.01. The highest BCUT2D eigenvalue weighted by Crippen LogP contribution is 2.35. The van der Waals surface area contributed by atoms with E-state index in [1.165, 1.54) is 5.69 Å². The largest absolute Gasteiger partial charge is 0.508 e. The number of carbonyl (C=O) groups is 2. The van der Waals surface area contributed by atoms with Crippen LogP contribution in [0.4, 0.5) is 0 Å². The Morgan fingerprint density at radius 3 is 2.46 bits per heavy atom. The quantitative estimate of drug-likeness (QED) is 0.427. The van der Waals surface area contributed by atoms with Crippen molar-refractivity contribution in [3.8, 4) is 5.75 Å². The van der Waals surface area contributed by atoms with Gasteiger partial charge in [-0.05, 0) is 55.3 Å². The predicted octanol–water partition coefficient (Wildman–Crippen LogP) is 2.80. The fourth-order valence-corrected chi connectivity index (χ4v) is 5.28. The molecule has 2 atom stereocenters.